The number of hydrogen-bond donors (Lipinski definition) is 1. The minimum absolute atomic E-state index is 0.133. The summed E-state index contributed by atoms with van der Waals surface area (Å²) in [6.07, 6.45) is 0. The number of rotatable bonds is 4. The molecule has 0 atom stereocenters. The number of benzene rings is 1. The number of hydrogen-bond acceptors (Lipinski definition) is 3. The average Bonchev–Trinajstić information content (AvgIpc) is 2.72. The van der Waals surface area contributed by atoms with E-state index in [9.17, 15) is 12.8 Å². The summed E-state index contributed by atoms with van der Waals surface area (Å²) in [5.41, 5.74) is 0. The van der Waals surface area contributed by atoms with Gasteiger partial charge in [0, 0.05) is 25.7 Å². The molecule has 0 spiro atoms. The molecule has 3 nitrogen and oxygen atoms in total. The summed E-state index contributed by atoms with van der Waals surface area (Å²) in [6.45, 7) is 0.133. The van der Waals surface area contributed by atoms with Crippen LogP contribution in [0.4, 0.5) is 4.39 Å². The lowest BCUT2D eigenvalue weighted by atomic mass is 10.3. The standard InChI is InChI=1S/C11H8Br2FNO2S2/c12-7-1-2-11(10(14)4-7)19(16,17)15-5-9-3-8(13)6-18-9/h1-4,6,15H,5H2. The summed E-state index contributed by atoms with van der Waals surface area (Å²) in [7, 11) is -3.85. The molecule has 0 aliphatic rings. The van der Waals surface area contributed by atoms with Gasteiger partial charge in [-0.3, -0.25) is 0 Å². The van der Waals surface area contributed by atoms with Gasteiger partial charge in [0.05, 0.1) is 0 Å². The van der Waals surface area contributed by atoms with Gasteiger partial charge in [-0.15, -0.1) is 11.3 Å². The number of halogens is 3. The van der Waals surface area contributed by atoms with Crippen molar-refractivity contribution in [2.75, 3.05) is 0 Å². The van der Waals surface area contributed by atoms with Crippen molar-refractivity contribution in [2.45, 2.75) is 11.4 Å². The van der Waals surface area contributed by atoms with Crippen LogP contribution >= 0.6 is 43.2 Å². The quantitative estimate of drug-likeness (QED) is 0.802. The first-order valence-electron chi connectivity index (χ1n) is 5.06. The van der Waals surface area contributed by atoms with E-state index in [0.29, 0.717) is 4.47 Å². The highest BCUT2D eigenvalue weighted by Gasteiger charge is 2.19. The first-order chi connectivity index (χ1) is 8.88. The van der Waals surface area contributed by atoms with Gasteiger partial charge in [0.1, 0.15) is 10.7 Å². The number of thiophene rings is 1. The van der Waals surface area contributed by atoms with E-state index in [-0.39, 0.29) is 11.4 Å². The van der Waals surface area contributed by atoms with Crippen LogP contribution in [0.25, 0.3) is 0 Å². The lowest BCUT2D eigenvalue weighted by molar-refractivity contribution is 0.556. The largest absolute Gasteiger partial charge is 0.243 e. The highest BCUT2D eigenvalue weighted by molar-refractivity contribution is 9.10. The first-order valence-corrected chi connectivity index (χ1v) is 9.01. The molecule has 0 saturated carbocycles. The summed E-state index contributed by atoms with van der Waals surface area (Å²) >= 11 is 7.78. The molecule has 0 aliphatic heterocycles. The zero-order chi connectivity index (χ0) is 14.0. The lowest BCUT2D eigenvalue weighted by Crippen LogP contribution is -2.23. The molecule has 0 saturated heterocycles. The molecule has 1 N–H and O–H groups in total. The highest BCUT2D eigenvalue weighted by Crippen LogP contribution is 2.22. The van der Waals surface area contributed by atoms with Gasteiger partial charge >= 0.3 is 0 Å². The van der Waals surface area contributed by atoms with Crippen LogP contribution in [0, 0.1) is 5.82 Å². The van der Waals surface area contributed by atoms with Crippen LogP contribution in [-0.4, -0.2) is 8.42 Å². The van der Waals surface area contributed by atoms with E-state index in [1.807, 2.05) is 11.4 Å². The van der Waals surface area contributed by atoms with Crippen molar-refractivity contribution in [2.24, 2.45) is 0 Å². The monoisotopic (exact) mass is 427 g/mol. The van der Waals surface area contributed by atoms with E-state index < -0.39 is 15.8 Å². The smallest absolute Gasteiger partial charge is 0.207 e. The van der Waals surface area contributed by atoms with Crippen LogP contribution in [0.3, 0.4) is 0 Å². The van der Waals surface area contributed by atoms with Gasteiger partial charge in [0.25, 0.3) is 0 Å². The summed E-state index contributed by atoms with van der Waals surface area (Å²) in [5, 5.41) is 1.85. The number of nitrogens with one attached hydrogen (secondary N) is 1. The van der Waals surface area contributed by atoms with Crippen LogP contribution in [0.1, 0.15) is 4.88 Å². The van der Waals surface area contributed by atoms with E-state index in [1.165, 1.54) is 23.5 Å². The van der Waals surface area contributed by atoms with Crippen molar-refractivity contribution < 1.29 is 12.8 Å². The van der Waals surface area contributed by atoms with Crippen LogP contribution in [0.2, 0.25) is 0 Å². The van der Waals surface area contributed by atoms with E-state index in [4.69, 9.17) is 0 Å². The van der Waals surface area contributed by atoms with Gasteiger partial charge in [0.15, 0.2) is 0 Å². The highest BCUT2D eigenvalue weighted by atomic mass is 79.9. The van der Waals surface area contributed by atoms with Crippen molar-refractivity contribution in [1.82, 2.24) is 4.72 Å². The molecular formula is C11H8Br2FNO2S2. The van der Waals surface area contributed by atoms with Crippen molar-refractivity contribution in [3.8, 4) is 0 Å². The Hall–Kier alpha value is -0.280. The second kappa shape index (κ2) is 6.01. The van der Waals surface area contributed by atoms with E-state index in [0.717, 1.165) is 15.4 Å². The minimum atomic E-state index is -3.85. The molecule has 8 heteroatoms. The predicted octanol–water partition coefficient (Wildman–Crippen LogP) is 3.89. The summed E-state index contributed by atoms with van der Waals surface area (Å²) in [5.74, 6) is -0.783. The molecule has 0 unspecified atom stereocenters. The molecule has 0 amide bonds. The Morgan fingerprint density at radius 2 is 1.95 bits per heavy atom. The molecule has 2 aromatic rings. The third-order valence-electron chi connectivity index (χ3n) is 2.24. The van der Waals surface area contributed by atoms with Crippen LogP contribution in [0.5, 0.6) is 0 Å². The molecule has 1 heterocycles. The summed E-state index contributed by atoms with van der Waals surface area (Å²) in [4.78, 5) is 0.485. The van der Waals surface area contributed by atoms with Crippen LogP contribution < -0.4 is 4.72 Å². The fourth-order valence-corrected chi connectivity index (χ4v) is 4.26. The van der Waals surface area contributed by atoms with Gasteiger partial charge in [-0.05, 0) is 40.2 Å². The van der Waals surface area contributed by atoms with Gasteiger partial charge in [0.2, 0.25) is 10.0 Å². The third-order valence-corrected chi connectivity index (χ3v) is 5.87. The zero-order valence-corrected chi connectivity index (χ0v) is 14.2. The Balaban J connectivity index is 2.18. The van der Waals surface area contributed by atoms with Crippen LogP contribution in [-0.2, 0) is 16.6 Å². The van der Waals surface area contributed by atoms with Crippen molar-refractivity contribution in [3.05, 3.63) is 49.3 Å². The van der Waals surface area contributed by atoms with Gasteiger partial charge in [-0.1, -0.05) is 15.9 Å². The third kappa shape index (κ3) is 3.85. The Labute approximate surface area is 131 Å². The maximum absolute atomic E-state index is 13.6. The van der Waals surface area contributed by atoms with E-state index >= 15 is 0 Å². The molecule has 0 bridgehead atoms. The molecule has 0 aliphatic carbocycles. The molecule has 0 fully saturated rings. The zero-order valence-electron chi connectivity index (χ0n) is 9.36. The molecule has 0 radical (unpaired) electrons. The molecule has 102 valence electrons. The van der Waals surface area contributed by atoms with Crippen molar-refractivity contribution in [1.29, 1.82) is 0 Å². The van der Waals surface area contributed by atoms with E-state index in [2.05, 4.69) is 36.6 Å². The van der Waals surface area contributed by atoms with Crippen molar-refractivity contribution in [3.63, 3.8) is 0 Å². The Morgan fingerprint density at radius 1 is 1.21 bits per heavy atom. The second-order valence-electron chi connectivity index (χ2n) is 3.63. The topological polar surface area (TPSA) is 46.2 Å². The van der Waals surface area contributed by atoms with Crippen LogP contribution in [0.15, 0.2) is 43.5 Å². The van der Waals surface area contributed by atoms with E-state index in [1.54, 1.807) is 0 Å². The second-order valence-corrected chi connectivity index (χ2v) is 8.19. The molecule has 1 aromatic carbocycles. The summed E-state index contributed by atoms with van der Waals surface area (Å²) < 4.78 is 41.3. The lowest BCUT2D eigenvalue weighted by Gasteiger charge is -2.06. The normalized spacial score (nSPS) is 11.7. The molecule has 19 heavy (non-hydrogen) atoms. The minimum Gasteiger partial charge on any atom is -0.207 e. The van der Waals surface area contributed by atoms with Gasteiger partial charge < -0.3 is 0 Å². The Morgan fingerprint density at radius 3 is 2.53 bits per heavy atom. The van der Waals surface area contributed by atoms with Crippen molar-refractivity contribution >= 4 is 53.2 Å². The molecule has 2 rings (SSSR count). The predicted molar refractivity (Wildman–Crippen MR) is 80.1 cm³/mol. The molecular weight excluding hydrogens is 421 g/mol. The maximum atomic E-state index is 13.6. The average molecular weight is 429 g/mol. The number of sulfonamides is 1. The fourth-order valence-electron chi connectivity index (χ4n) is 1.38. The summed E-state index contributed by atoms with van der Waals surface area (Å²) in [6, 6.07) is 5.65. The Kier molecular flexibility index (Phi) is 4.78. The fraction of sp³-hybridized carbons (Fsp3) is 0.0909. The Bertz CT molecular complexity index is 700. The first kappa shape index (κ1) is 15.1. The SMILES string of the molecule is O=S(=O)(NCc1cc(Br)cs1)c1ccc(Br)cc1F. The van der Waals surface area contributed by atoms with Gasteiger partial charge in [-0.25, -0.2) is 17.5 Å². The van der Waals surface area contributed by atoms with Gasteiger partial charge in [-0.2, -0.15) is 0 Å². The maximum Gasteiger partial charge on any atom is 0.243 e. The molecule has 1 aromatic heterocycles.